The van der Waals surface area contributed by atoms with Crippen LogP contribution in [0.3, 0.4) is 0 Å². The van der Waals surface area contributed by atoms with Gasteiger partial charge in [0.2, 0.25) is 0 Å². The molecule has 4 nitrogen and oxygen atoms in total. The average molecular weight is 215 g/mol. The molecule has 1 saturated carbocycles. The van der Waals surface area contributed by atoms with Gasteiger partial charge in [0.1, 0.15) is 5.60 Å². The van der Waals surface area contributed by atoms with Crippen molar-refractivity contribution in [3.63, 3.8) is 0 Å². The molecule has 0 aromatic carbocycles. The van der Waals surface area contributed by atoms with Crippen LogP contribution >= 0.6 is 0 Å². The molecular weight excluding hydrogens is 194 g/mol. The van der Waals surface area contributed by atoms with E-state index < -0.39 is 11.2 Å². The van der Waals surface area contributed by atoms with Crippen molar-refractivity contribution < 1.29 is 14.6 Å². The topological polar surface area (TPSA) is 49.8 Å². The third-order valence-corrected chi connectivity index (χ3v) is 2.80. The molecule has 15 heavy (non-hydrogen) atoms. The first-order valence-corrected chi connectivity index (χ1v) is 5.34. The van der Waals surface area contributed by atoms with E-state index >= 15 is 0 Å². The molecule has 1 rings (SSSR count). The first-order valence-electron chi connectivity index (χ1n) is 5.34. The van der Waals surface area contributed by atoms with Crippen molar-refractivity contribution in [3.05, 3.63) is 0 Å². The first-order chi connectivity index (χ1) is 6.66. The molecule has 0 spiro atoms. The summed E-state index contributed by atoms with van der Waals surface area (Å²) in [6, 6.07) is -0.188. The number of rotatable bonds is 2. The van der Waals surface area contributed by atoms with Crippen molar-refractivity contribution in [1.29, 1.82) is 0 Å². The van der Waals surface area contributed by atoms with E-state index in [0.717, 1.165) is 12.8 Å². The summed E-state index contributed by atoms with van der Waals surface area (Å²) in [5, 5.41) is 9.87. The number of likely N-dealkylation sites (N-methyl/N-ethyl adjacent to an activating group) is 1. The minimum atomic E-state index is -0.689. The van der Waals surface area contributed by atoms with Gasteiger partial charge in [-0.15, -0.1) is 0 Å². The van der Waals surface area contributed by atoms with Crippen LogP contribution in [-0.2, 0) is 4.74 Å². The van der Waals surface area contributed by atoms with Crippen LogP contribution in [0.15, 0.2) is 0 Å². The lowest BCUT2D eigenvalue weighted by molar-refractivity contribution is -0.000680. The van der Waals surface area contributed by atoms with E-state index in [0.29, 0.717) is 0 Å². The molecule has 1 fully saturated rings. The molecule has 1 amide bonds. The maximum atomic E-state index is 11.7. The van der Waals surface area contributed by atoms with E-state index in [-0.39, 0.29) is 12.1 Å². The maximum Gasteiger partial charge on any atom is 0.410 e. The zero-order valence-electron chi connectivity index (χ0n) is 10.2. The molecule has 0 aliphatic heterocycles. The Morgan fingerprint density at radius 1 is 1.47 bits per heavy atom. The molecule has 88 valence electrons. The zero-order valence-corrected chi connectivity index (χ0v) is 10.2. The number of aliphatic hydroxyl groups is 1. The van der Waals surface area contributed by atoms with E-state index in [9.17, 15) is 9.90 Å². The molecule has 0 saturated heterocycles. The molecule has 1 atom stereocenters. The number of carbonyl (C=O) groups is 1. The van der Waals surface area contributed by atoms with E-state index in [2.05, 4.69) is 0 Å². The average Bonchev–Trinajstić information content (AvgIpc) is 2.79. The van der Waals surface area contributed by atoms with E-state index in [1.807, 2.05) is 27.7 Å². The van der Waals surface area contributed by atoms with Crippen molar-refractivity contribution in [3.8, 4) is 0 Å². The predicted octanol–water partition coefficient (Wildman–Crippen LogP) is 1.77. The molecule has 0 heterocycles. The van der Waals surface area contributed by atoms with Crippen LogP contribution in [0.1, 0.15) is 40.5 Å². The molecule has 1 aliphatic carbocycles. The fourth-order valence-corrected chi connectivity index (χ4v) is 1.40. The van der Waals surface area contributed by atoms with Crippen molar-refractivity contribution in [1.82, 2.24) is 4.90 Å². The highest BCUT2D eigenvalue weighted by atomic mass is 16.6. The molecular formula is C11H21NO3. The number of carbonyl (C=O) groups excluding carboxylic acids is 1. The molecule has 0 bridgehead atoms. The van der Waals surface area contributed by atoms with Gasteiger partial charge in [-0.05, 0) is 40.5 Å². The third-order valence-electron chi connectivity index (χ3n) is 2.80. The van der Waals surface area contributed by atoms with Gasteiger partial charge < -0.3 is 14.7 Å². The van der Waals surface area contributed by atoms with Gasteiger partial charge in [0, 0.05) is 7.05 Å². The Kier molecular flexibility index (Phi) is 3.01. The SMILES string of the molecule is CC(N(C)C(=O)OC(C)(C)C)C1(O)CC1. The van der Waals surface area contributed by atoms with Gasteiger partial charge >= 0.3 is 6.09 Å². The van der Waals surface area contributed by atoms with Crippen LogP contribution in [0, 0.1) is 0 Å². The Balaban J connectivity index is 2.53. The molecule has 0 radical (unpaired) electrons. The Bertz CT molecular complexity index is 253. The minimum absolute atomic E-state index is 0.188. The van der Waals surface area contributed by atoms with Gasteiger partial charge in [-0.2, -0.15) is 0 Å². The van der Waals surface area contributed by atoms with Gasteiger partial charge in [-0.1, -0.05) is 0 Å². The number of amides is 1. The molecule has 4 heteroatoms. The number of nitrogens with zero attached hydrogens (tertiary/aromatic N) is 1. The highest BCUT2D eigenvalue weighted by Crippen LogP contribution is 2.40. The van der Waals surface area contributed by atoms with Crippen molar-refractivity contribution >= 4 is 6.09 Å². The lowest BCUT2D eigenvalue weighted by Crippen LogP contribution is -2.46. The summed E-state index contributed by atoms with van der Waals surface area (Å²) < 4.78 is 5.22. The second-order valence-corrected chi connectivity index (χ2v) is 5.37. The van der Waals surface area contributed by atoms with Crippen LogP contribution in [-0.4, -0.2) is 40.4 Å². The van der Waals surface area contributed by atoms with Crippen LogP contribution in [0.5, 0.6) is 0 Å². The Morgan fingerprint density at radius 3 is 2.27 bits per heavy atom. The summed E-state index contributed by atoms with van der Waals surface area (Å²) >= 11 is 0. The van der Waals surface area contributed by atoms with Crippen molar-refractivity contribution in [2.24, 2.45) is 0 Å². The van der Waals surface area contributed by atoms with Gasteiger partial charge in [0.05, 0.1) is 11.6 Å². The fourth-order valence-electron chi connectivity index (χ4n) is 1.40. The fraction of sp³-hybridized carbons (Fsp3) is 0.909. The van der Waals surface area contributed by atoms with Gasteiger partial charge in [0.15, 0.2) is 0 Å². The second kappa shape index (κ2) is 3.67. The minimum Gasteiger partial charge on any atom is -0.444 e. The van der Waals surface area contributed by atoms with Gasteiger partial charge in [-0.3, -0.25) is 0 Å². The van der Waals surface area contributed by atoms with E-state index in [1.54, 1.807) is 7.05 Å². The summed E-state index contributed by atoms with van der Waals surface area (Å²) in [7, 11) is 1.66. The zero-order chi connectivity index (χ0) is 11.9. The number of ether oxygens (including phenoxy) is 1. The normalized spacial score (nSPS) is 20.7. The predicted molar refractivity (Wildman–Crippen MR) is 57.6 cm³/mol. The first kappa shape index (κ1) is 12.3. The summed E-state index contributed by atoms with van der Waals surface area (Å²) in [5.41, 5.74) is -1.18. The standard InChI is InChI=1S/C11H21NO3/c1-8(11(14)6-7-11)12(5)9(13)15-10(2,3)4/h8,14H,6-7H2,1-5H3. The molecule has 0 aromatic heterocycles. The lowest BCUT2D eigenvalue weighted by atomic mass is 10.1. The Morgan fingerprint density at radius 2 is 1.93 bits per heavy atom. The van der Waals surface area contributed by atoms with Crippen LogP contribution in [0.25, 0.3) is 0 Å². The van der Waals surface area contributed by atoms with Gasteiger partial charge in [0.25, 0.3) is 0 Å². The molecule has 1 aliphatic rings. The highest BCUT2D eigenvalue weighted by Gasteiger charge is 2.48. The summed E-state index contributed by atoms with van der Waals surface area (Å²) in [5.74, 6) is 0. The van der Waals surface area contributed by atoms with E-state index in [4.69, 9.17) is 4.74 Å². The Labute approximate surface area is 91.2 Å². The maximum absolute atomic E-state index is 11.7. The van der Waals surface area contributed by atoms with Crippen LogP contribution in [0.4, 0.5) is 4.79 Å². The monoisotopic (exact) mass is 215 g/mol. The van der Waals surface area contributed by atoms with Crippen LogP contribution in [0.2, 0.25) is 0 Å². The van der Waals surface area contributed by atoms with E-state index in [1.165, 1.54) is 4.90 Å². The highest BCUT2D eigenvalue weighted by molar-refractivity contribution is 5.68. The third kappa shape index (κ3) is 3.09. The smallest absolute Gasteiger partial charge is 0.410 e. The Hall–Kier alpha value is -0.770. The molecule has 1 unspecified atom stereocenters. The summed E-state index contributed by atoms with van der Waals surface area (Å²) in [6.45, 7) is 7.33. The van der Waals surface area contributed by atoms with Gasteiger partial charge in [-0.25, -0.2) is 4.79 Å². The van der Waals surface area contributed by atoms with Crippen molar-refractivity contribution in [2.45, 2.75) is 57.8 Å². The van der Waals surface area contributed by atoms with Crippen LogP contribution < -0.4 is 0 Å². The number of hydrogen-bond donors (Lipinski definition) is 1. The lowest BCUT2D eigenvalue weighted by Gasteiger charge is -2.31. The summed E-state index contributed by atoms with van der Waals surface area (Å²) in [6.07, 6.45) is 1.15. The van der Waals surface area contributed by atoms with Crippen molar-refractivity contribution in [2.75, 3.05) is 7.05 Å². The number of hydrogen-bond acceptors (Lipinski definition) is 3. The largest absolute Gasteiger partial charge is 0.444 e. The quantitative estimate of drug-likeness (QED) is 0.763. The molecule has 1 N–H and O–H groups in total. The molecule has 0 aromatic rings. The summed E-state index contributed by atoms with van der Waals surface area (Å²) in [4.78, 5) is 13.1. The second-order valence-electron chi connectivity index (χ2n) is 5.37.